The lowest BCUT2D eigenvalue weighted by atomic mass is 9.98. The van der Waals surface area contributed by atoms with Crippen LogP contribution in [0.15, 0.2) is 48.5 Å². The van der Waals surface area contributed by atoms with Gasteiger partial charge in [-0.3, -0.25) is 9.59 Å². The number of fused-ring (bicyclic) bond motifs is 3. The van der Waals surface area contributed by atoms with Gasteiger partial charge in [0.2, 0.25) is 5.91 Å². The maximum Gasteiger partial charge on any atom is 0.407 e. The first-order valence-electron chi connectivity index (χ1n) is 11.6. The molecular formula is C26H30N2O5. The zero-order valence-corrected chi connectivity index (χ0v) is 18.6. The Kier molecular flexibility index (Phi) is 6.96. The summed E-state index contributed by atoms with van der Waals surface area (Å²) in [6.45, 7) is 0.989. The Bertz CT molecular complexity index is 985. The average Bonchev–Trinajstić information content (AvgIpc) is 3.56. The van der Waals surface area contributed by atoms with Crippen molar-refractivity contribution in [2.24, 2.45) is 5.41 Å². The normalized spacial score (nSPS) is 15.3. The Labute approximate surface area is 193 Å². The molecule has 2 amide bonds. The van der Waals surface area contributed by atoms with Crippen LogP contribution in [-0.4, -0.2) is 42.8 Å². The number of hydrogen-bond acceptors (Lipinski definition) is 4. The minimum absolute atomic E-state index is 0.0394. The molecular weight excluding hydrogens is 420 g/mol. The molecule has 1 fully saturated rings. The number of aliphatic carboxylic acids is 1. The van der Waals surface area contributed by atoms with E-state index >= 15 is 0 Å². The van der Waals surface area contributed by atoms with Gasteiger partial charge in [-0.15, -0.1) is 0 Å². The minimum Gasteiger partial charge on any atom is -0.481 e. The molecule has 2 aliphatic carbocycles. The van der Waals surface area contributed by atoms with Crippen molar-refractivity contribution in [3.05, 3.63) is 59.7 Å². The highest BCUT2D eigenvalue weighted by Gasteiger charge is 2.50. The summed E-state index contributed by atoms with van der Waals surface area (Å²) in [4.78, 5) is 35.2. The summed E-state index contributed by atoms with van der Waals surface area (Å²) in [5.41, 5.74) is 4.02. The molecule has 0 heterocycles. The molecule has 174 valence electrons. The highest BCUT2D eigenvalue weighted by atomic mass is 16.5. The molecule has 1 saturated carbocycles. The number of hydrogen-bond donors (Lipinski definition) is 3. The van der Waals surface area contributed by atoms with E-state index in [-0.39, 0.29) is 25.0 Å². The van der Waals surface area contributed by atoms with Crippen molar-refractivity contribution in [1.29, 1.82) is 0 Å². The fourth-order valence-corrected chi connectivity index (χ4v) is 4.40. The van der Waals surface area contributed by atoms with Crippen molar-refractivity contribution in [2.75, 3.05) is 19.7 Å². The third-order valence-electron chi connectivity index (χ3n) is 6.62. The molecule has 2 aromatic carbocycles. The van der Waals surface area contributed by atoms with E-state index in [1.165, 1.54) is 22.3 Å². The Morgan fingerprint density at radius 3 is 2.15 bits per heavy atom. The van der Waals surface area contributed by atoms with Crippen molar-refractivity contribution in [1.82, 2.24) is 10.6 Å². The topological polar surface area (TPSA) is 105 Å². The summed E-state index contributed by atoms with van der Waals surface area (Å²) in [5, 5.41) is 14.6. The van der Waals surface area contributed by atoms with E-state index in [0.717, 1.165) is 12.8 Å². The second-order valence-electron chi connectivity index (χ2n) is 8.93. The molecule has 7 heteroatoms. The van der Waals surface area contributed by atoms with Crippen LogP contribution in [0.25, 0.3) is 11.1 Å². The fourth-order valence-electron chi connectivity index (χ4n) is 4.40. The predicted octanol–water partition coefficient (Wildman–Crippen LogP) is 4.07. The van der Waals surface area contributed by atoms with Gasteiger partial charge >= 0.3 is 12.1 Å². The Hall–Kier alpha value is -3.35. The van der Waals surface area contributed by atoms with E-state index < -0.39 is 17.5 Å². The maximum atomic E-state index is 12.2. The molecule has 0 aliphatic heterocycles. The van der Waals surface area contributed by atoms with Gasteiger partial charge in [0.1, 0.15) is 6.61 Å². The molecule has 0 saturated heterocycles. The van der Waals surface area contributed by atoms with Gasteiger partial charge in [0.25, 0.3) is 0 Å². The molecule has 2 aliphatic rings. The largest absolute Gasteiger partial charge is 0.481 e. The Balaban J connectivity index is 1.11. The van der Waals surface area contributed by atoms with E-state index in [4.69, 9.17) is 9.84 Å². The van der Waals surface area contributed by atoms with E-state index in [1.807, 2.05) is 24.3 Å². The van der Waals surface area contributed by atoms with Crippen LogP contribution in [0.3, 0.4) is 0 Å². The number of carboxylic acids is 1. The lowest BCUT2D eigenvalue weighted by Crippen LogP contribution is -2.34. The van der Waals surface area contributed by atoms with E-state index in [2.05, 4.69) is 34.9 Å². The number of carboxylic acid groups (broad SMARTS) is 1. The van der Waals surface area contributed by atoms with Crippen molar-refractivity contribution in [3.63, 3.8) is 0 Å². The monoisotopic (exact) mass is 450 g/mol. The quantitative estimate of drug-likeness (QED) is 0.448. The van der Waals surface area contributed by atoms with Crippen molar-refractivity contribution >= 4 is 18.0 Å². The predicted molar refractivity (Wildman–Crippen MR) is 124 cm³/mol. The number of unbranched alkanes of at least 4 members (excludes halogenated alkanes) is 2. The van der Waals surface area contributed by atoms with Crippen LogP contribution >= 0.6 is 0 Å². The van der Waals surface area contributed by atoms with Crippen LogP contribution < -0.4 is 10.6 Å². The summed E-state index contributed by atoms with van der Waals surface area (Å²) >= 11 is 0. The molecule has 0 unspecified atom stereocenters. The van der Waals surface area contributed by atoms with Crippen LogP contribution in [-0.2, 0) is 14.3 Å². The van der Waals surface area contributed by atoms with E-state index in [0.29, 0.717) is 32.2 Å². The highest BCUT2D eigenvalue weighted by Crippen LogP contribution is 2.45. The first-order valence-corrected chi connectivity index (χ1v) is 11.6. The minimum atomic E-state index is -0.831. The van der Waals surface area contributed by atoms with Gasteiger partial charge in [-0.25, -0.2) is 4.79 Å². The molecule has 2 aromatic rings. The van der Waals surface area contributed by atoms with Gasteiger partial charge in [0, 0.05) is 25.4 Å². The second kappa shape index (κ2) is 10.1. The standard InChI is InChI=1S/C26H30N2O5/c29-23(28-17-26(13-14-26)24(30)31)12-2-1-7-15-27-25(32)33-16-22-20-10-5-3-8-18(20)19-9-4-6-11-21(19)22/h3-6,8-11,22H,1-2,7,12-17H2,(H,27,32)(H,28,29)(H,30,31). The third-order valence-corrected chi connectivity index (χ3v) is 6.62. The van der Waals surface area contributed by atoms with Crippen LogP contribution in [0.2, 0.25) is 0 Å². The molecule has 33 heavy (non-hydrogen) atoms. The van der Waals surface area contributed by atoms with E-state index in [9.17, 15) is 14.4 Å². The zero-order chi connectivity index (χ0) is 23.3. The number of amides is 2. The summed E-state index contributed by atoms with van der Waals surface area (Å²) in [7, 11) is 0. The number of benzene rings is 2. The summed E-state index contributed by atoms with van der Waals surface area (Å²) in [6, 6.07) is 16.4. The molecule has 3 N–H and O–H groups in total. The van der Waals surface area contributed by atoms with Gasteiger partial charge in [0.15, 0.2) is 0 Å². The number of carbonyl (C=O) groups is 3. The molecule has 7 nitrogen and oxygen atoms in total. The van der Waals surface area contributed by atoms with Crippen LogP contribution in [0.4, 0.5) is 4.79 Å². The SMILES string of the molecule is O=C(CCCCCNC(=O)OCC1c2ccccc2-c2ccccc21)NCC1(C(=O)O)CC1. The lowest BCUT2D eigenvalue weighted by Gasteiger charge is -2.14. The van der Waals surface area contributed by atoms with Gasteiger partial charge in [-0.05, 0) is 47.9 Å². The van der Waals surface area contributed by atoms with Crippen LogP contribution in [0, 0.1) is 5.41 Å². The van der Waals surface area contributed by atoms with Crippen LogP contribution in [0.1, 0.15) is 55.6 Å². The Morgan fingerprint density at radius 2 is 1.55 bits per heavy atom. The number of alkyl carbamates (subject to hydrolysis) is 1. The highest BCUT2D eigenvalue weighted by molar-refractivity contribution is 5.81. The smallest absolute Gasteiger partial charge is 0.407 e. The summed E-state index contributed by atoms with van der Waals surface area (Å²) in [5.74, 6) is -0.910. The first-order chi connectivity index (χ1) is 16.0. The number of ether oxygens (including phenoxy) is 1. The van der Waals surface area contributed by atoms with Gasteiger partial charge in [0.05, 0.1) is 5.41 Å². The average molecular weight is 451 g/mol. The molecule has 0 atom stereocenters. The molecule has 4 rings (SSSR count). The number of nitrogens with one attached hydrogen (secondary N) is 2. The van der Waals surface area contributed by atoms with Gasteiger partial charge in [-0.2, -0.15) is 0 Å². The number of carbonyl (C=O) groups excluding carboxylic acids is 2. The molecule has 0 aromatic heterocycles. The second-order valence-corrected chi connectivity index (χ2v) is 8.93. The summed E-state index contributed by atoms with van der Waals surface area (Å²) in [6.07, 6.45) is 3.42. The molecule has 0 bridgehead atoms. The molecule has 0 spiro atoms. The van der Waals surface area contributed by atoms with Crippen molar-refractivity contribution in [2.45, 2.75) is 44.4 Å². The third kappa shape index (κ3) is 5.35. The van der Waals surface area contributed by atoms with Gasteiger partial charge in [-0.1, -0.05) is 55.0 Å². The van der Waals surface area contributed by atoms with Crippen molar-refractivity contribution in [3.8, 4) is 11.1 Å². The van der Waals surface area contributed by atoms with Gasteiger partial charge < -0.3 is 20.5 Å². The number of rotatable bonds is 11. The maximum absolute atomic E-state index is 12.2. The van der Waals surface area contributed by atoms with Crippen molar-refractivity contribution < 1.29 is 24.2 Å². The van der Waals surface area contributed by atoms with E-state index in [1.54, 1.807) is 0 Å². The molecule has 0 radical (unpaired) electrons. The van der Waals surface area contributed by atoms with Crippen LogP contribution in [0.5, 0.6) is 0 Å². The first kappa shape index (κ1) is 22.8. The fraction of sp³-hybridized carbons (Fsp3) is 0.423. The zero-order valence-electron chi connectivity index (χ0n) is 18.6. The summed E-state index contributed by atoms with van der Waals surface area (Å²) < 4.78 is 5.51. The Morgan fingerprint density at radius 1 is 0.909 bits per heavy atom. The lowest BCUT2D eigenvalue weighted by molar-refractivity contribution is -0.143.